The summed E-state index contributed by atoms with van der Waals surface area (Å²) in [4.78, 5) is 23.1. The number of hydrogen-bond acceptors (Lipinski definition) is 6. The van der Waals surface area contributed by atoms with Gasteiger partial charge in [-0.05, 0) is 37.0 Å². The fraction of sp³-hybridized carbons (Fsp3) is 0.421. The van der Waals surface area contributed by atoms with Crippen LogP contribution in [0.4, 0.5) is 5.95 Å². The van der Waals surface area contributed by atoms with Crippen LogP contribution >= 0.6 is 0 Å². The van der Waals surface area contributed by atoms with Crippen molar-refractivity contribution in [3.8, 4) is 0 Å². The van der Waals surface area contributed by atoms with Gasteiger partial charge in [0.25, 0.3) is 5.91 Å². The average Bonchev–Trinajstić information content (AvgIpc) is 3.11. The van der Waals surface area contributed by atoms with Gasteiger partial charge in [0.05, 0.1) is 0 Å². The highest BCUT2D eigenvalue weighted by molar-refractivity contribution is 5.92. The molecule has 0 radical (unpaired) electrons. The van der Waals surface area contributed by atoms with Gasteiger partial charge in [0.2, 0.25) is 5.95 Å². The molecular weight excluding hydrogens is 342 g/mol. The minimum atomic E-state index is -0.0875. The van der Waals surface area contributed by atoms with Crippen molar-refractivity contribution >= 4 is 17.5 Å². The van der Waals surface area contributed by atoms with E-state index in [1.807, 2.05) is 47.5 Å². The molecule has 0 spiro atoms. The molecule has 1 aliphatic rings. The lowest BCUT2D eigenvalue weighted by Gasteiger charge is -2.31. The first-order valence-corrected chi connectivity index (χ1v) is 9.26. The summed E-state index contributed by atoms with van der Waals surface area (Å²) >= 11 is 0. The predicted octanol–water partition coefficient (Wildman–Crippen LogP) is 2.24. The second-order valence-corrected chi connectivity index (χ2v) is 7.24. The Bertz CT molecular complexity index is 973. The lowest BCUT2D eigenvalue weighted by atomic mass is 9.95. The Kier molecular flexibility index (Phi) is 4.47. The summed E-state index contributed by atoms with van der Waals surface area (Å²) in [5.74, 6) is 1.50. The van der Waals surface area contributed by atoms with E-state index < -0.39 is 0 Å². The van der Waals surface area contributed by atoms with Gasteiger partial charge in [0, 0.05) is 30.9 Å². The monoisotopic (exact) mass is 365 g/mol. The quantitative estimate of drug-likeness (QED) is 0.764. The highest BCUT2D eigenvalue weighted by Gasteiger charge is 2.28. The SMILES string of the molecule is CC(C)c1cc(C(=O)N2CCC(c3nnc4ccccn34)CC2)nc(N)n1. The lowest BCUT2D eigenvalue weighted by Crippen LogP contribution is -2.38. The molecule has 0 aromatic carbocycles. The van der Waals surface area contributed by atoms with Crippen molar-refractivity contribution < 1.29 is 4.79 Å². The topological polar surface area (TPSA) is 102 Å². The van der Waals surface area contributed by atoms with Crippen molar-refractivity contribution in [2.24, 2.45) is 0 Å². The Labute approximate surface area is 157 Å². The van der Waals surface area contributed by atoms with Gasteiger partial charge in [-0.2, -0.15) is 0 Å². The molecule has 27 heavy (non-hydrogen) atoms. The first-order valence-electron chi connectivity index (χ1n) is 9.26. The standard InChI is InChI=1S/C19H23N7O/c1-12(2)14-11-15(22-19(20)21-14)18(27)25-9-6-13(7-10-25)17-24-23-16-5-3-4-8-26(16)17/h3-5,8,11-13H,6-7,9-10H2,1-2H3,(H2,20,21,22). The molecule has 140 valence electrons. The Morgan fingerprint density at radius 3 is 2.70 bits per heavy atom. The highest BCUT2D eigenvalue weighted by atomic mass is 16.2. The largest absolute Gasteiger partial charge is 0.368 e. The van der Waals surface area contributed by atoms with Gasteiger partial charge in [-0.15, -0.1) is 10.2 Å². The second kappa shape index (κ2) is 6.94. The molecule has 4 rings (SSSR count). The lowest BCUT2D eigenvalue weighted by molar-refractivity contribution is 0.0704. The van der Waals surface area contributed by atoms with Crippen molar-refractivity contribution in [3.05, 3.63) is 47.7 Å². The van der Waals surface area contributed by atoms with Crippen LogP contribution in [-0.4, -0.2) is 48.5 Å². The maximum Gasteiger partial charge on any atom is 0.272 e. The van der Waals surface area contributed by atoms with Crippen molar-refractivity contribution in [1.29, 1.82) is 0 Å². The number of nitrogens with zero attached hydrogens (tertiary/aromatic N) is 6. The number of piperidine rings is 1. The summed E-state index contributed by atoms with van der Waals surface area (Å²) in [7, 11) is 0. The van der Waals surface area contributed by atoms with Gasteiger partial charge in [-0.25, -0.2) is 9.97 Å². The molecule has 8 heteroatoms. The van der Waals surface area contributed by atoms with Gasteiger partial charge in [0.15, 0.2) is 5.65 Å². The van der Waals surface area contributed by atoms with Crippen LogP contribution in [0.3, 0.4) is 0 Å². The summed E-state index contributed by atoms with van der Waals surface area (Å²) < 4.78 is 2.03. The minimum absolute atomic E-state index is 0.0875. The number of nitrogen functional groups attached to an aromatic ring is 1. The van der Waals surface area contributed by atoms with Crippen LogP contribution in [0, 0.1) is 0 Å². The number of amides is 1. The van der Waals surface area contributed by atoms with E-state index >= 15 is 0 Å². The van der Waals surface area contributed by atoms with E-state index in [1.54, 1.807) is 6.07 Å². The van der Waals surface area contributed by atoms with Crippen LogP contribution in [0.25, 0.3) is 5.65 Å². The van der Waals surface area contributed by atoms with E-state index in [-0.39, 0.29) is 23.7 Å². The normalized spacial score (nSPS) is 15.6. The number of rotatable bonds is 3. The summed E-state index contributed by atoms with van der Waals surface area (Å²) in [6.45, 7) is 5.35. The number of hydrogen-bond donors (Lipinski definition) is 1. The number of nitrogens with two attached hydrogens (primary N) is 1. The molecule has 1 aliphatic heterocycles. The number of aromatic nitrogens is 5. The molecule has 0 saturated carbocycles. The fourth-order valence-corrected chi connectivity index (χ4v) is 3.53. The number of likely N-dealkylation sites (tertiary alicyclic amines) is 1. The number of fused-ring (bicyclic) bond motifs is 1. The van der Waals surface area contributed by atoms with Crippen LogP contribution in [0.5, 0.6) is 0 Å². The van der Waals surface area contributed by atoms with Crippen LogP contribution in [0.2, 0.25) is 0 Å². The molecule has 0 atom stereocenters. The molecule has 1 saturated heterocycles. The summed E-state index contributed by atoms with van der Waals surface area (Å²) in [5.41, 5.74) is 7.80. The zero-order valence-corrected chi connectivity index (χ0v) is 15.5. The van der Waals surface area contributed by atoms with Gasteiger partial charge in [0.1, 0.15) is 11.5 Å². The summed E-state index contributed by atoms with van der Waals surface area (Å²) in [5, 5.41) is 8.60. The molecule has 4 heterocycles. The Morgan fingerprint density at radius 2 is 1.96 bits per heavy atom. The van der Waals surface area contributed by atoms with Gasteiger partial charge >= 0.3 is 0 Å². The summed E-state index contributed by atoms with van der Waals surface area (Å²) in [6.07, 6.45) is 3.68. The highest BCUT2D eigenvalue weighted by Crippen LogP contribution is 2.28. The third-order valence-corrected chi connectivity index (χ3v) is 5.06. The Morgan fingerprint density at radius 1 is 1.19 bits per heavy atom. The minimum Gasteiger partial charge on any atom is -0.368 e. The molecule has 1 fully saturated rings. The maximum atomic E-state index is 12.9. The number of anilines is 1. The van der Waals surface area contributed by atoms with Crippen LogP contribution in [0.1, 0.15) is 60.5 Å². The molecule has 0 bridgehead atoms. The van der Waals surface area contributed by atoms with Gasteiger partial charge < -0.3 is 10.6 Å². The molecular formula is C19H23N7O. The van der Waals surface area contributed by atoms with E-state index in [9.17, 15) is 4.79 Å². The first-order chi connectivity index (χ1) is 13.0. The molecule has 2 N–H and O–H groups in total. The van der Waals surface area contributed by atoms with Crippen LogP contribution in [0.15, 0.2) is 30.5 Å². The molecule has 3 aromatic rings. The van der Waals surface area contributed by atoms with E-state index in [0.717, 1.165) is 30.0 Å². The molecule has 8 nitrogen and oxygen atoms in total. The van der Waals surface area contributed by atoms with Crippen molar-refractivity contribution in [3.63, 3.8) is 0 Å². The van der Waals surface area contributed by atoms with E-state index in [0.29, 0.717) is 18.8 Å². The Hall–Kier alpha value is -3.03. The first kappa shape index (κ1) is 17.4. The second-order valence-electron chi connectivity index (χ2n) is 7.24. The van der Waals surface area contributed by atoms with Crippen LogP contribution < -0.4 is 5.73 Å². The predicted molar refractivity (Wildman–Crippen MR) is 101 cm³/mol. The summed E-state index contributed by atoms with van der Waals surface area (Å²) in [6, 6.07) is 7.63. The zero-order valence-electron chi connectivity index (χ0n) is 15.5. The molecule has 0 aliphatic carbocycles. The third-order valence-electron chi connectivity index (χ3n) is 5.06. The number of carbonyl (C=O) groups excluding carboxylic acids is 1. The zero-order chi connectivity index (χ0) is 19.0. The maximum absolute atomic E-state index is 12.9. The molecule has 0 unspecified atom stereocenters. The Balaban J connectivity index is 1.48. The van der Waals surface area contributed by atoms with Gasteiger partial charge in [-0.3, -0.25) is 9.20 Å². The van der Waals surface area contributed by atoms with Gasteiger partial charge in [-0.1, -0.05) is 19.9 Å². The fourth-order valence-electron chi connectivity index (χ4n) is 3.53. The molecule has 1 amide bonds. The van der Waals surface area contributed by atoms with Crippen LogP contribution in [-0.2, 0) is 0 Å². The van der Waals surface area contributed by atoms with Crippen molar-refractivity contribution in [2.45, 2.75) is 38.5 Å². The molecule has 3 aromatic heterocycles. The third kappa shape index (κ3) is 3.34. The van der Waals surface area contributed by atoms with Crippen molar-refractivity contribution in [2.75, 3.05) is 18.8 Å². The van der Waals surface area contributed by atoms with E-state index in [2.05, 4.69) is 20.2 Å². The van der Waals surface area contributed by atoms with E-state index in [1.165, 1.54) is 0 Å². The van der Waals surface area contributed by atoms with Crippen molar-refractivity contribution in [1.82, 2.24) is 29.5 Å². The smallest absolute Gasteiger partial charge is 0.272 e. The average molecular weight is 365 g/mol. The number of carbonyl (C=O) groups is 1. The van der Waals surface area contributed by atoms with E-state index in [4.69, 9.17) is 5.73 Å². The number of pyridine rings is 1.